The predicted molar refractivity (Wildman–Crippen MR) is 107 cm³/mol. The second-order valence-corrected chi connectivity index (χ2v) is 9.10. The lowest BCUT2D eigenvalue weighted by Gasteiger charge is -2.23. The van der Waals surface area contributed by atoms with Crippen LogP contribution < -0.4 is 0 Å². The monoisotopic (exact) mass is 380 g/mol. The Labute approximate surface area is 156 Å². The van der Waals surface area contributed by atoms with E-state index in [4.69, 9.17) is 5.11 Å². The van der Waals surface area contributed by atoms with Crippen molar-refractivity contribution in [2.24, 2.45) is 0 Å². The normalized spacial score (nSPS) is 10.8. The summed E-state index contributed by atoms with van der Waals surface area (Å²) in [7, 11) is 0. The number of carboxylic acid groups (broad SMARTS) is 2. The summed E-state index contributed by atoms with van der Waals surface area (Å²) in [6, 6.07) is 0. The highest BCUT2D eigenvalue weighted by molar-refractivity contribution is 8.19. The van der Waals surface area contributed by atoms with Gasteiger partial charge in [0.05, 0.1) is 0 Å². The van der Waals surface area contributed by atoms with E-state index < -0.39 is 16.0 Å². The first-order chi connectivity index (χ1) is 11.3. The maximum atomic E-state index is 11.4. The third kappa shape index (κ3) is 16.5. The highest BCUT2D eigenvalue weighted by Gasteiger charge is 2.33. The summed E-state index contributed by atoms with van der Waals surface area (Å²) >= 11 is 3.22. The van der Waals surface area contributed by atoms with E-state index in [0.717, 1.165) is 24.3 Å². The molecular weight excluding hydrogens is 344 g/mol. The van der Waals surface area contributed by atoms with Crippen LogP contribution in [0, 0.1) is 0 Å². The van der Waals surface area contributed by atoms with Gasteiger partial charge in [-0.25, -0.2) is 4.79 Å². The maximum absolute atomic E-state index is 11.4. The van der Waals surface area contributed by atoms with Crippen molar-refractivity contribution in [3.05, 3.63) is 0 Å². The average Bonchev–Trinajstić information content (AvgIpc) is 2.54. The van der Waals surface area contributed by atoms with E-state index in [-0.39, 0.29) is 6.42 Å². The molecule has 0 saturated heterocycles. The topological polar surface area (TPSA) is 74.6 Å². The molecule has 0 aliphatic carbocycles. The highest BCUT2D eigenvalue weighted by Crippen LogP contribution is 2.38. The second-order valence-electron chi connectivity index (χ2n) is 5.82. The highest BCUT2D eigenvalue weighted by atomic mass is 32.2. The number of carboxylic acids is 2. The van der Waals surface area contributed by atoms with Crippen molar-refractivity contribution in [1.82, 2.24) is 0 Å². The van der Waals surface area contributed by atoms with Crippen LogP contribution in [0.1, 0.15) is 85.5 Å². The predicted octanol–water partition coefficient (Wildman–Crippen LogP) is 5.90. The SMILES string of the molecule is CCC(=O)O.CCCCCCSC(C)(SCCCCCC)C(=O)O. The molecule has 0 amide bonds. The Morgan fingerprint density at radius 1 is 0.792 bits per heavy atom. The van der Waals surface area contributed by atoms with E-state index >= 15 is 0 Å². The molecule has 0 radical (unpaired) electrons. The van der Waals surface area contributed by atoms with Crippen molar-refractivity contribution in [3.63, 3.8) is 0 Å². The zero-order valence-corrected chi connectivity index (χ0v) is 17.4. The fourth-order valence-corrected chi connectivity index (χ4v) is 4.31. The molecule has 0 aromatic carbocycles. The summed E-state index contributed by atoms with van der Waals surface area (Å²) in [6.07, 6.45) is 9.92. The first-order valence-electron chi connectivity index (χ1n) is 9.07. The molecule has 0 fully saturated rings. The molecule has 24 heavy (non-hydrogen) atoms. The molecule has 0 bridgehead atoms. The summed E-state index contributed by atoms with van der Waals surface area (Å²) in [4.78, 5) is 20.8. The molecule has 0 atom stereocenters. The van der Waals surface area contributed by atoms with E-state index in [0.29, 0.717) is 0 Å². The van der Waals surface area contributed by atoms with Crippen molar-refractivity contribution in [2.75, 3.05) is 11.5 Å². The summed E-state index contributed by atoms with van der Waals surface area (Å²) in [5.74, 6) is 0.508. The third-order valence-electron chi connectivity index (χ3n) is 3.44. The fourth-order valence-electron chi connectivity index (χ4n) is 1.76. The number of carbonyl (C=O) groups is 2. The first kappa shape index (κ1) is 25.9. The largest absolute Gasteiger partial charge is 0.481 e. The van der Waals surface area contributed by atoms with Gasteiger partial charge in [-0.05, 0) is 31.3 Å². The Morgan fingerprint density at radius 2 is 1.17 bits per heavy atom. The maximum Gasteiger partial charge on any atom is 0.329 e. The lowest BCUT2D eigenvalue weighted by atomic mass is 10.2. The van der Waals surface area contributed by atoms with E-state index in [9.17, 15) is 14.7 Å². The first-order valence-corrected chi connectivity index (χ1v) is 11.0. The van der Waals surface area contributed by atoms with Crippen molar-refractivity contribution in [3.8, 4) is 0 Å². The lowest BCUT2D eigenvalue weighted by molar-refractivity contribution is -0.137. The molecular formula is C18H36O4S2. The van der Waals surface area contributed by atoms with E-state index in [1.807, 2.05) is 6.92 Å². The van der Waals surface area contributed by atoms with Gasteiger partial charge >= 0.3 is 11.9 Å². The summed E-state index contributed by atoms with van der Waals surface area (Å²) in [6.45, 7) is 7.86. The average molecular weight is 381 g/mol. The second kappa shape index (κ2) is 17.5. The van der Waals surface area contributed by atoms with Gasteiger partial charge in [-0.2, -0.15) is 0 Å². The van der Waals surface area contributed by atoms with Crippen LogP contribution in [-0.4, -0.2) is 37.7 Å². The van der Waals surface area contributed by atoms with Gasteiger partial charge in [0, 0.05) is 6.42 Å². The van der Waals surface area contributed by atoms with Crippen molar-refractivity contribution < 1.29 is 19.8 Å². The van der Waals surface area contributed by atoms with Gasteiger partial charge < -0.3 is 10.2 Å². The van der Waals surface area contributed by atoms with Gasteiger partial charge in [-0.1, -0.05) is 59.3 Å². The van der Waals surface area contributed by atoms with Crippen molar-refractivity contribution in [1.29, 1.82) is 0 Å². The van der Waals surface area contributed by atoms with E-state index in [2.05, 4.69) is 13.8 Å². The Bertz CT molecular complexity index is 308. The van der Waals surface area contributed by atoms with Gasteiger partial charge in [0.25, 0.3) is 0 Å². The molecule has 2 N–H and O–H groups in total. The fraction of sp³-hybridized carbons (Fsp3) is 0.889. The number of hydrogen-bond acceptors (Lipinski definition) is 4. The molecule has 0 aliphatic rings. The Kier molecular flexibility index (Phi) is 18.8. The molecule has 6 heteroatoms. The molecule has 0 aliphatic heterocycles. The molecule has 0 heterocycles. The number of aliphatic carboxylic acids is 2. The Hall–Kier alpha value is -0.360. The quantitative estimate of drug-likeness (QED) is 0.289. The van der Waals surface area contributed by atoms with Crippen molar-refractivity contribution >= 4 is 35.5 Å². The van der Waals surface area contributed by atoms with E-state index in [1.165, 1.54) is 38.5 Å². The van der Waals surface area contributed by atoms with Gasteiger partial charge in [0.1, 0.15) is 0 Å². The minimum Gasteiger partial charge on any atom is -0.481 e. The number of rotatable bonds is 14. The molecule has 144 valence electrons. The van der Waals surface area contributed by atoms with Gasteiger partial charge in [-0.3, -0.25) is 4.79 Å². The van der Waals surface area contributed by atoms with Gasteiger partial charge in [0.2, 0.25) is 0 Å². The molecule has 0 aromatic heterocycles. The molecule has 0 aromatic rings. The smallest absolute Gasteiger partial charge is 0.329 e. The van der Waals surface area contributed by atoms with E-state index in [1.54, 1.807) is 30.4 Å². The van der Waals surface area contributed by atoms with Crippen LogP contribution in [0.4, 0.5) is 0 Å². The minimum atomic E-state index is -0.745. The number of hydrogen-bond donors (Lipinski definition) is 2. The molecule has 0 rings (SSSR count). The number of thioether (sulfide) groups is 2. The zero-order valence-electron chi connectivity index (χ0n) is 15.8. The van der Waals surface area contributed by atoms with Gasteiger partial charge in [0.15, 0.2) is 4.08 Å². The molecule has 0 unspecified atom stereocenters. The van der Waals surface area contributed by atoms with Crippen LogP contribution >= 0.6 is 23.5 Å². The molecule has 0 spiro atoms. The Morgan fingerprint density at radius 3 is 1.42 bits per heavy atom. The van der Waals surface area contributed by atoms with Crippen LogP contribution in [-0.2, 0) is 9.59 Å². The molecule has 4 nitrogen and oxygen atoms in total. The summed E-state index contributed by atoms with van der Waals surface area (Å²) < 4.78 is -0.654. The zero-order chi connectivity index (χ0) is 18.8. The third-order valence-corrected chi connectivity index (χ3v) is 6.59. The standard InChI is InChI=1S/C15H30O2S2.C3H6O2/c1-4-6-8-10-12-18-15(3,14(16)17)19-13-11-9-7-5-2;1-2-3(4)5/h4-13H2,1-3H3,(H,16,17);2H2,1H3,(H,4,5). The summed E-state index contributed by atoms with van der Waals surface area (Å²) in [5.41, 5.74) is 0. The van der Waals surface area contributed by atoms with Crippen molar-refractivity contribution in [2.45, 2.75) is 89.6 Å². The van der Waals surface area contributed by atoms with Gasteiger partial charge in [-0.15, -0.1) is 23.5 Å². The van der Waals surface area contributed by atoms with Crippen LogP contribution in [0.2, 0.25) is 0 Å². The van der Waals surface area contributed by atoms with Crippen LogP contribution in [0.15, 0.2) is 0 Å². The van der Waals surface area contributed by atoms with Crippen LogP contribution in [0.25, 0.3) is 0 Å². The molecule has 0 saturated carbocycles. The minimum absolute atomic E-state index is 0.222. The lowest BCUT2D eigenvalue weighted by Crippen LogP contribution is -2.28. The Balaban J connectivity index is 0. The summed E-state index contributed by atoms with van der Waals surface area (Å²) in [5, 5.41) is 17.1. The van der Waals surface area contributed by atoms with Crippen LogP contribution in [0.5, 0.6) is 0 Å². The van der Waals surface area contributed by atoms with Crippen LogP contribution in [0.3, 0.4) is 0 Å². The number of unbranched alkanes of at least 4 members (excludes halogenated alkanes) is 6.